The van der Waals surface area contributed by atoms with Crippen LogP contribution in [0.25, 0.3) is 0 Å². The first-order valence-electron chi connectivity index (χ1n) is 3.16. The molecule has 0 bridgehead atoms. The molecular weight excluding hydrogens is 130 g/mol. The molecule has 3 nitrogen and oxygen atoms in total. The van der Waals surface area contributed by atoms with Gasteiger partial charge in [-0.3, -0.25) is 4.79 Å². The first-order valence-corrected chi connectivity index (χ1v) is 3.16. The van der Waals surface area contributed by atoms with E-state index in [9.17, 15) is 4.79 Å². The summed E-state index contributed by atoms with van der Waals surface area (Å²) < 4.78 is 4.41. The third-order valence-electron chi connectivity index (χ3n) is 1.07. The second-order valence-electron chi connectivity index (χ2n) is 1.97. The van der Waals surface area contributed by atoms with Crippen molar-refractivity contribution in [1.82, 2.24) is 0 Å². The van der Waals surface area contributed by atoms with Gasteiger partial charge in [0, 0.05) is 6.04 Å². The van der Waals surface area contributed by atoms with Crippen LogP contribution >= 0.6 is 0 Å². The van der Waals surface area contributed by atoms with Crippen molar-refractivity contribution in [3.63, 3.8) is 0 Å². The van der Waals surface area contributed by atoms with Gasteiger partial charge in [0.2, 0.25) is 0 Å². The molecule has 0 saturated heterocycles. The van der Waals surface area contributed by atoms with Crippen molar-refractivity contribution in [2.45, 2.75) is 19.4 Å². The quantitative estimate of drug-likeness (QED) is 0.461. The van der Waals surface area contributed by atoms with Crippen LogP contribution in [0.4, 0.5) is 0 Å². The number of hydrogen-bond acceptors (Lipinski definition) is 3. The number of nitrogens with two attached hydrogens (primary N) is 1. The molecule has 58 valence electrons. The molecule has 0 fully saturated rings. The summed E-state index contributed by atoms with van der Waals surface area (Å²) in [4.78, 5) is 10.6. The molecule has 0 saturated carbocycles. The molecule has 0 aliphatic carbocycles. The van der Waals surface area contributed by atoms with Crippen molar-refractivity contribution in [3.05, 3.63) is 12.2 Å². The molecule has 0 radical (unpaired) electrons. The van der Waals surface area contributed by atoms with E-state index in [2.05, 4.69) is 4.74 Å². The Hall–Kier alpha value is -0.830. The first-order chi connectivity index (χ1) is 4.70. The smallest absolute Gasteiger partial charge is 0.307 e. The monoisotopic (exact) mass is 143 g/mol. The fraction of sp³-hybridized carbons (Fsp3) is 0.571. The average Bonchev–Trinajstić information content (AvgIpc) is 1.88. The average molecular weight is 143 g/mol. The van der Waals surface area contributed by atoms with Crippen molar-refractivity contribution in [3.8, 4) is 0 Å². The zero-order valence-electron chi connectivity index (χ0n) is 6.33. The molecule has 0 rings (SSSR count). The van der Waals surface area contributed by atoms with Gasteiger partial charge in [0.15, 0.2) is 0 Å². The van der Waals surface area contributed by atoms with Gasteiger partial charge in [-0.15, -0.1) is 0 Å². The van der Waals surface area contributed by atoms with Crippen LogP contribution in [-0.2, 0) is 9.53 Å². The second kappa shape index (κ2) is 4.99. The minimum atomic E-state index is -0.273. The van der Waals surface area contributed by atoms with E-state index in [1.54, 1.807) is 6.08 Å². The number of allylic oxidation sites excluding steroid dienone is 1. The number of rotatable bonds is 3. The van der Waals surface area contributed by atoms with E-state index < -0.39 is 0 Å². The lowest BCUT2D eigenvalue weighted by Crippen LogP contribution is -2.21. The lowest BCUT2D eigenvalue weighted by atomic mass is 10.2. The van der Waals surface area contributed by atoms with E-state index in [0.29, 0.717) is 0 Å². The molecule has 0 aliphatic heterocycles. The van der Waals surface area contributed by atoms with Crippen LogP contribution in [0.3, 0.4) is 0 Å². The Bertz CT molecular complexity index is 132. The Labute approximate surface area is 60.9 Å². The number of esters is 1. The maximum absolute atomic E-state index is 10.6. The molecule has 0 aromatic heterocycles. The van der Waals surface area contributed by atoms with Crippen LogP contribution in [0.15, 0.2) is 12.2 Å². The molecule has 0 spiro atoms. The fourth-order valence-electron chi connectivity index (χ4n) is 0.591. The van der Waals surface area contributed by atoms with Crippen molar-refractivity contribution >= 4 is 5.97 Å². The van der Waals surface area contributed by atoms with Crippen LogP contribution in [0.1, 0.15) is 13.3 Å². The van der Waals surface area contributed by atoms with Crippen molar-refractivity contribution in [2.24, 2.45) is 5.73 Å². The fourth-order valence-corrected chi connectivity index (χ4v) is 0.591. The van der Waals surface area contributed by atoms with Crippen molar-refractivity contribution in [1.29, 1.82) is 0 Å². The predicted octanol–water partition coefficient (Wildman–Crippen LogP) is 0.453. The minimum Gasteiger partial charge on any atom is -0.469 e. The molecule has 3 heteroatoms. The summed E-state index contributed by atoms with van der Waals surface area (Å²) in [7, 11) is 1.35. The highest BCUT2D eigenvalue weighted by Crippen LogP contribution is 1.91. The molecule has 0 aliphatic rings. The second-order valence-corrected chi connectivity index (χ2v) is 1.97. The third kappa shape index (κ3) is 4.09. The highest BCUT2D eigenvalue weighted by Gasteiger charge is 2.04. The minimum absolute atomic E-state index is 0.211. The molecular formula is C7H13NO2. The van der Waals surface area contributed by atoms with Crippen LogP contribution < -0.4 is 5.73 Å². The van der Waals surface area contributed by atoms with Crippen molar-refractivity contribution < 1.29 is 9.53 Å². The van der Waals surface area contributed by atoms with Gasteiger partial charge in [0.1, 0.15) is 0 Å². The molecule has 2 N–H and O–H groups in total. The Morgan fingerprint density at radius 2 is 2.40 bits per heavy atom. The summed E-state index contributed by atoms with van der Waals surface area (Å²) in [6, 6.07) is -0.211. The van der Waals surface area contributed by atoms with Gasteiger partial charge in [-0.25, -0.2) is 0 Å². The number of ether oxygens (including phenoxy) is 1. The lowest BCUT2D eigenvalue weighted by Gasteiger charge is -2.02. The van der Waals surface area contributed by atoms with Gasteiger partial charge in [-0.05, 0) is 6.92 Å². The number of carbonyl (C=O) groups is 1. The van der Waals surface area contributed by atoms with E-state index >= 15 is 0 Å². The Balaban J connectivity index is 3.57. The summed E-state index contributed by atoms with van der Waals surface area (Å²) in [6.45, 7) is 1.86. The highest BCUT2D eigenvalue weighted by atomic mass is 16.5. The summed E-state index contributed by atoms with van der Waals surface area (Å²) in [5.41, 5.74) is 5.47. The first kappa shape index (κ1) is 9.17. The molecule has 0 aromatic carbocycles. The highest BCUT2D eigenvalue weighted by molar-refractivity contribution is 5.70. The lowest BCUT2D eigenvalue weighted by molar-refractivity contribution is -0.140. The van der Waals surface area contributed by atoms with Crippen LogP contribution in [0, 0.1) is 0 Å². The van der Waals surface area contributed by atoms with Crippen molar-refractivity contribution in [2.75, 3.05) is 7.11 Å². The van der Waals surface area contributed by atoms with Gasteiger partial charge >= 0.3 is 5.97 Å². The molecule has 0 heterocycles. The van der Waals surface area contributed by atoms with Crippen LogP contribution in [-0.4, -0.2) is 19.1 Å². The largest absolute Gasteiger partial charge is 0.469 e. The Morgan fingerprint density at radius 1 is 1.80 bits per heavy atom. The zero-order chi connectivity index (χ0) is 7.98. The molecule has 10 heavy (non-hydrogen) atoms. The normalized spacial score (nSPS) is 13.5. The summed E-state index contributed by atoms with van der Waals surface area (Å²) in [6.07, 6.45) is 3.82. The Morgan fingerprint density at radius 3 is 2.80 bits per heavy atom. The van der Waals surface area contributed by atoms with E-state index in [1.165, 1.54) is 7.11 Å². The zero-order valence-corrected chi connectivity index (χ0v) is 6.33. The van der Waals surface area contributed by atoms with Gasteiger partial charge in [0.05, 0.1) is 13.5 Å². The Kier molecular flexibility index (Phi) is 4.58. The van der Waals surface area contributed by atoms with E-state index in [4.69, 9.17) is 5.73 Å². The number of methoxy groups -OCH3 is 1. The molecule has 0 amide bonds. The summed E-state index contributed by atoms with van der Waals surface area (Å²) >= 11 is 0. The summed E-state index contributed by atoms with van der Waals surface area (Å²) in [5.74, 6) is -0.273. The van der Waals surface area contributed by atoms with Gasteiger partial charge in [-0.1, -0.05) is 12.2 Å². The maximum atomic E-state index is 10.6. The predicted molar refractivity (Wildman–Crippen MR) is 39.4 cm³/mol. The number of carbonyl (C=O) groups excluding carboxylic acids is 1. The van der Waals surface area contributed by atoms with Crippen LogP contribution in [0.5, 0.6) is 0 Å². The van der Waals surface area contributed by atoms with E-state index in [1.807, 2.05) is 13.0 Å². The SMILES string of the molecule is C/C=C/C(N)CC(=O)OC. The summed E-state index contributed by atoms with van der Waals surface area (Å²) in [5, 5.41) is 0. The van der Waals surface area contributed by atoms with Gasteiger partial charge in [-0.2, -0.15) is 0 Å². The van der Waals surface area contributed by atoms with Gasteiger partial charge < -0.3 is 10.5 Å². The molecule has 1 unspecified atom stereocenters. The third-order valence-corrected chi connectivity index (χ3v) is 1.07. The topological polar surface area (TPSA) is 52.3 Å². The van der Waals surface area contributed by atoms with Crippen LogP contribution in [0.2, 0.25) is 0 Å². The van der Waals surface area contributed by atoms with E-state index in [-0.39, 0.29) is 18.4 Å². The van der Waals surface area contributed by atoms with Gasteiger partial charge in [0.25, 0.3) is 0 Å². The molecule has 0 aromatic rings. The molecule has 1 atom stereocenters. The number of hydrogen-bond donors (Lipinski definition) is 1. The van der Waals surface area contributed by atoms with E-state index in [0.717, 1.165) is 0 Å². The maximum Gasteiger partial charge on any atom is 0.307 e. The standard InChI is InChI=1S/C7H13NO2/c1-3-4-6(8)5-7(9)10-2/h3-4,6H,5,8H2,1-2H3/b4-3+.